The first-order valence-corrected chi connectivity index (χ1v) is 7.09. The Labute approximate surface area is 106 Å². The van der Waals surface area contributed by atoms with E-state index in [4.69, 9.17) is 10.5 Å². The lowest BCUT2D eigenvalue weighted by Gasteiger charge is -2.46. The van der Waals surface area contributed by atoms with Crippen molar-refractivity contribution in [3.63, 3.8) is 0 Å². The van der Waals surface area contributed by atoms with E-state index in [2.05, 4.69) is 18.7 Å². The fourth-order valence-corrected chi connectivity index (χ4v) is 3.53. The third kappa shape index (κ3) is 2.51. The van der Waals surface area contributed by atoms with Crippen LogP contribution in [0.5, 0.6) is 0 Å². The summed E-state index contributed by atoms with van der Waals surface area (Å²) in [6.07, 6.45) is 5.23. The van der Waals surface area contributed by atoms with Crippen LogP contribution in [0.1, 0.15) is 39.5 Å². The van der Waals surface area contributed by atoms with Crippen LogP contribution in [0, 0.1) is 11.8 Å². The fraction of sp³-hybridized carbons (Fsp3) is 1.00. The van der Waals surface area contributed by atoms with Crippen LogP contribution in [0.2, 0.25) is 0 Å². The number of methoxy groups -OCH3 is 1. The highest BCUT2D eigenvalue weighted by Crippen LogP contribution is 2.38. The Morgan fingerprint density at radius 1 is 1.18 bits per heavy atom. The second kappa shape index (κ2) is 5.25. The molecule has 1 saturated heterocycles. The topological polar surface area (TPSA) is 38.5 Å². The van der Waals surface area contributed by atoms with Crippen LogP contribution >= 0.6 is 0 Å². The molecule has 2 fully saturated rings. The Balaban J connectivity index is 2.01. The van der Waals surface area contributed by atoms with Gasteiger partial charge in [0.15, 0.2) is 0 Å². The first-order valence-electron chi connectivity index (χ1n) is 7.09. The highest BCUT2D eigenvalue weighted by atomic mass is 16.5. The molecule has 0 aromatic heterocycles. The molecule has 2 rings (SSSR count). The average molecular weight is 240 g/mol. The number of rotatable bonds is 3. The number of likely N-dealkylation sites (tertiary alicyclic amines) is 1. The van der Waals surface area contributed by atoms with E-state index in [0.29, 0.717) is 6.10 Å². The molecule has 0 radical (unpaired) electrons. The number of nitrogens with two attached hydrogens (primary N) is 1. The summed E-state index contributed by atoms with van der Waals surface area (Å²) < 4.78 is 5.47. The van der Waals surface area contributed by atoms with Crippen molar-refractivity contribution in [2.75, 3.05) is 26.7 Å². The van der Waals surface area contributed by atoms with E-state index in [-0.39, 0.29) is 5.54 Å². The molecule has 3 heteroatoms. The second-order valence-corrected chi connectivity index (χ2v) is 6.22. The van der Waals surface area contributed by atoms with Crippen molar-refractivity contribution >= 4 is 0 Å². The molecule has 100 valence electrons. The van der Waals surface area contributed by atoms with Crippen LogP contribution in [-0.4, -0.2) is 43.3 Å². The van der Waals surface area contributed by atoms with Gasteiger partial charge < -0.3 is 10.5 Å². The highest BCUT2D eigenvalue weighted by molar-refractivity contribution is 4.99. The molecule has 2 N–H and O–H groups in total. The molecule has 3 nitrogen and oxygen atoms in total. The van der Waals surface area contributed by atoms with Crippen LogP contribution < -0.4 is 5.73 Å². The maximum atomic E-state index is 6.11. The van der Waals surface area contributed by atoms with Gasteiger partial charge in [0, 0.05) is 32.3 Å². The van der Waals surface area contributed by atoms with E-state index < -0.39 is 0 Å². The number of hydrogen-bond acceptors (Lipinski definition) is 3. The molecule has 1 aliphatic carbocycles. The fourth-order valence-electron chi connectivity index (χ4n) is 3.53. The molecule has 0 aromatic carbocycles. The molecule has 2 atom stereocenters. The Bertz CT molecular complexity index is 239. The van der Waals surface area contributed by atoms with Crippen LogP contribution in [0.3, 0.4) is 0 Å². The van der Waals surface area contributed by atoms with Gasteiger partial charge in [0.1, 0.15) is 0 Å². The molecular formula is C14H28N2O. The predicted molar refractivity (Wildman–Crippen MR) is 71.0 cm³/mol. The molecule has 0 amide bonds. The minimum atomic E-state index is 0.272. The van der Waals surface area contributed by atoms with Gasteiger partial charge in [-0.25, -0.2) is 0 Å². The molecule has 1 saturated carbocycles. The Kier molecular flexibility index (Phi) is 4.11. The summed E-state index contributed by atoms with van der Waals surface area (Å²) in [4.78, 5) is 2.67. The minimum absolute atomic E-state index is 0.272. The maximum Gasteiger partial charge on any atom is 0.0572 e. The van der Waals surface area contributed by atoms with Crippen molar-refractivity contribution in [3.05, 3.63) is 0 Å². The van der Waals surface area contributed by atoms with Gasteiger partial charge in [-0.2, -0.15) is 0 Å². The Hall–Kier alpha value is -0.120. The monoisotopic (exact) mass is 240 g/mol. The minimum Gasteiger partial charge on any atom is -0.381 e. The number of ether oxygens (including phenoxy) is 1. The van der Waals surface area contributed by atoms with E-state index in [1.54, 1.807) is 0 Å². The van der Waals surface area contributed by atoms with Crippen molar-refractivity contribution in [2.24, 2.45) is 17.6 Å². The first-order chi connectivity index (χ1) is 8.11. The van der Waals surface area contributed by atoms with Crippen molar-refractivity contribution in [1.82, 2.24) is 4.90 Å². The van der Waals surface area contributed by atoms with Gasteiger partial charge in [-0.1, -0.05) is 13.8 Å². The Morgan fingerprint density at radius 2 is 1.71 bits per heavy atom. The predicted octanol–water partition coefficient (Wildman–Crippen LogP) is 1.86. The molecule has 0 spiro atoms. The Morgan fingerprint density at radius 3 is 2.12 bits per heavy atom. The molecule has 1 aliphatic heterocycles. The van der Waals surface area contributed by atoms with Gasteiger partial charge in [-0.15, -0.1) is 0 Å². The third-order valence-electron chi connectivity index (χ3n) is 5.24. The van der Waals surface area contributed by atoms with Crippen LogP contribution in [-0.2, 0) is 4.74 Å². The standard InChI is InChI=1S/C14H28N2O/c1-11-8-16(9-12(11)2)14(10-15)6-4-13(17-3)5-7-14/h11-13H,4-10,15H2,1-3H3. The van der Waals surface area contributed by atoms with E-state index in [1.165, 1.54) is 38.8 Å². The lowest BCUT2D eigenvalue weighted by molar-refractivity contribution is 0.000520. The van der Waals surface area contributed by atoms with Gasteiger partial charge >= 0.3 is 0 Å². The first kappa shape index (κ1) is 13.3. The van der Waals surface area contributed by atoms with E-state index >= 15 is 0 Å². The molecule has 0 bridgehead atoms. The van der Waals surface area contributed by atoms with Crippen LogP contribution in [0.4, 0.5) is 0 Å². The van der Waals surface area contributed by atoms with Crippen LogP contribution in [0.25, 0.3) is 0 Å². The normalized spacial score (nSPS) is 44.1. The van der Waals surface area contributed by atoms with E-state index in [1.807, 2.05) is 7.11 Å². The van der Waals surface area contributed by atoms with Gasteiger partial charge in [0.25, 0.3) is 0 Å². The molecule has 1 heterocycles. The third-order valence-corrected chi connectivity index (χ3v) is 5.24. The zero-order chi connectivity index (χ0) is 12.5. The van der Waals surface area contributed by atoms with Crippen molar-refractivity contribution in [2.45, 2.75) is 51.2 Å². The molecule has 2 aliphatic rings. The van der Waals surface area contributed by atoms with Gasteiger partial charge in [0.2, 0.25) is 0 Å². The van der Waals surface area contributed by atoms with Crippen molar-refractivity contribution in [3.8, 4) is 0 Å². The summed E-state index contributed by atoms with van der Waals surface area (Å²) in [5.41, 5.74) is 6.39. The zero-order valence-electron chi connectivity index (χ0n) is 11.6. The molecule has 0 aromatic rings. The van der Waals surface area contributed by atoms with Gasteiger partial charge in [-0.05, 0) is 37.5 Å². The van der Waals surface area contributed by atoms with Gasteiger partial charge in [0.05, 0.1) is 6.10 Å². The molecule has 2 unspecified atom stereocenters. The lowest BCUT2D eigenvalue weighted by atomic mass is 9.79. The smallest absolute Gasteiger partial charge is 0.0572 e. The van der Waals surface area contributed by atoms with Crippen LogP contribution in [0.15, 0.2) is 0 Å². The van der Waals surface area contributed by atoms with E-state index in [9.17, 15) is 0 Å². The summed E-state index contributed by atoms with van der Waals surface area (Å²) in [6.45, 7) is 8.01. The summed E-state index contributed by atoms with van der Waals surface area (Å²) in [5.74, 6) is 1.64. The lowest BCUT2D eigenvalue weighted by Crippen LogP contribution is -2.55. The zero-order valence-corrected chi connectivity index (χ0v) is 11.6. The summed E-state index contributed by atoms with van der Waals surface area (Å²) in [5, 5.41) is 0. The van der Waals surface area contributed by atoms with Crippen molar-refractivity contribution < 1.29 is 4.74 Å². The average Bonchev–Trinajstić information content (AvgIpc) is 2.70. The quantitative estimate of drug-likeness (QED) is 0.818. The maximum absolute atomic E-state index is 6.11. The largest absolute Gasteiger partial charge is 0.381 e. The number of nitrogens with zero attached hydrogens (tertiary/aromatic N) is 1. The van der Waals surface area contributed by atoms with Gasteiger partial charge in [-0.3, -0.25) is 4.90 Å². The summed E-state index contributed by atoms with van der Waals surface area (Å²) in [6, 6.07) is 0. The van der Waals surface area contributed by atoms with Crippen molar-refractivity contribution in [1.29, 1.82) is 0 Å². The molecular weight excluding hydrogens is 212 g/mol. The second-order valence-electron chi connectivity index (χ2n) is 6.22. The van der Waals surface area contributed by atoms with E-state index in [0.717, 1.165) is 18.4 Å². The molecule has 17 heavy (non-hydrogen) atoms. The number of hydrogen-bond donors (Lipinski definition) is 1. The summed E-state index contributed by atoms with van der Waals surface area (Å²) >= 11 is 0. The summed E-state index contributed by atoms with van der Waals surface area (Å²) in [7, 11) is 1.83. The highest BCUT2D eigenvalue weighted by Gasteiger charge is 2.43. The SMILES string of the molecule is COC1CCC(CN)(N2CC(C)C(C)C2)CC1.